The third kappa shape index (κ3) is 5.66. The Bertz CT molecular complexity index is 1070. The summed E-state index contributed by atoms with van der Waals surface area (Å²) in [7, 11) is -3.93. The van der Waals surface area contributed by atoms with Crippen molar-refractivity contribution in [1.82, 2.24) is 4.31 Å². The first-order valence-corrected chi connectivity index (χ1v) is 10.9. The maximum atomic E-state index is 13.3. The van der Waals surface area contributed by atoms with Gasteiger partial charge in [0, 0.05) is 19.0 Å². The zero-order valence-electron chi connectivity index (χ0n) is 15.8. The van der Waals surface area contributed by atoms with E-state index in [2.05, 4.69) is 10.1 Å². The second kappa shape index (κ2) is 9.01. The van der Waals surface area contributed by atoms with Crippen LogP contribution in [0, 0.1) is 11.7 Å². The lowest BCUT2D eigenvalue weighted by Gasteiger charge is -2.30. The number of piperidine rings is 1. The summed E-state index contributed by atoms with van der Waals surface area (Å²) in [5.41, 5.74) is -0.138. The first kappa shape index (κ1) is 23.3. The van der Waals surface area contributed by atoms with E-state index in [1.54, 1.807) is 0 Å². The van der Waals surface area contributed by atoms with Crippen LogP contribution in [0.5, 0.6) is 5.75 Å². The number of carbonyl (C=O) groups is 1. The van der Waals surface area contributed by atoms with Crippen molar-refractivity contribution < 1.29 is 35.5 Å². The lowest BCUT2D eigenvalue weighted by molar-refractivity contribution is -0.274. The number of rotatable bonds is 5. The molecule has 0 aliphatic carbocycles. The Kier molecular flexibility index (Phi) is 6.77. The number of sulfonamides is 1. The molecule has 0 saturated carbocycles. The van der Waals surface area contributed by atoms with Crippen molar-refractivity contribution in [3.05, 3.63) is 53.3 Å². The van der Waals surface area contributed by atoms with Crippen LogP contribution in [-0.2, 0) is 14.8 Å². The number of hydrogen-bond donors (Lipinski definition) is 1. The van der Waals surface area contributed by atoms with Crippen molar-refractivity contribution in [2.24, 2.45) is 5.92 Å². The Morgan fingerprint density at radius 1 is 1.13 bits per heavy atom. The third-order valence-corrected chi connectivity index (χ3v) is 6.91. The van der Waals surface area contributed by atoms with Crippen LogP contribution in [0.3, 0.4) is 0 Å². The van der Waals surface area contributed by atoms with E-state index < -0.39 is 39.8 Å². The van der Waals surface area contributed by atoms with Crippen LogP contribution >= 0.6 is 11.6 Å². The van der Waals surface area contributed by atoms with E-state index >= 15 is 0 Å². The Labute approximate surface area is 180 Å². The molecule has 0 spiro atoms. The second-order valence-corrected chi connectivity index (χ2v) is 9.13. The number of para-hydroxylation sites is 2. The smallest absolute Gasteiger partial charge is 0.404 e. The molecule has 2 aromatic rings. The van der Waals surface area contributed by atoms with Gasteiger partial charge in [0.2, 0.25) is 15.9 Å². The predicted molar refractivity (Wildman–Crippen MR) is 105 cm³/mol. The Morgan fingerprint density at radius 2 is 1.77 bits per heavy atom. The minimum absolute atomic E-state index is 0.0100. The number of nitrogens with one attached hydrogen (secondary N) is 1. The van der Waals surface area contributed by atoms with Crippen molar-refractivity contribution in [1.29, 1.82) is 0 Å². The second-order valence-electron chi connectivity index (χ2n) is 6.79. The van der Waals surface area contributed by atoms with Gasteiger partial charge in [-0.2, -0.15) is 4.31 Å². The van der Waals surface area contributed by atoms with Gasteiger partial charge >= 0.3 is 6.36 Å². The minimum atomic E-state index is -4.91. The molecule has 0 radical (unpaired) electrons. The molecule has 1 aliphatic rings. The molecule has 168 valence electrons. The molecule has 0 unspecified atom stereocenters. The number of hydrogen-bond acceptors (Lipinski definition) is 4. The fraction of sp³-hybridized carbons (Fsp3) is 0.316. The molecular formula is C19H17ClF4N2O4S. The Hall–Kier alpha value is -2.37. The highest BCUT2D eigenvalue weighted by molar-refractivity contribution is 7.89. The van der Waals surface area contributed by atoms with E-state index in [0.29, 0.717) is 0 Å². The summed E-state index contributed by atoms with van der Waals surface area (Å²) in [6.07, 6.45) is -4.60. The van der Waals surface area contributed by atoms with E-state index in [1.165, 1.54) is 18.2 Å². The fourth-order valence-electron chi connectivity index (χ4n) is 3.16. The maximum absolute atomic E-state index is 13.3. The number of alkyl halides is 3. The Morgan fingerprint density at radius 3 is 2.39 bits per heavy atom. The maximum Gasteiger partial charge on any atom is 0.573 e. The predicted octanol–water partition coefficient (Wildman–Crippen LogP) is 4.42. The average Bonchev–Trinajstić information content (AvgIpc) is 2.70. The molecule has 1 heterocycles. The van der Waals surface area contributed by atoms with Crippen molar-refractivity contribution in [2.45, 2.75) is 24.1 Å². The highest BCUT2D eigenvalue weighted by atomic mass is 35.5. The highest BCUT2D eigenvalue weighted by Crippen LogP contribution is 2.32. The summed E-state index contributed by atoms with van der Waals surface area (Å²) in [6.45, 7) is 0.0201. The number of benzene rings is 2. The molecule has 3 rings (SSSR count). The van der Waals surface area contributed by atoms with Gasteiger partial charge in [-0.15, -0.1) is 13.2 Å². The summed E-state index contributed by atoms with van der Waals surface area (Å²) in [6, 6.07) is 8.21. The summed E-state index contributed by atoms with van der Waals surface area (Å²) in [4.78, 5) is 12.4. The molecule has 1 N–H and O–H groups in total. The van der Waals surface area contributed by atoms with Gasteiger partial charge in [-0.1, -0.05) is 23.7 Å². The summed E-state index contributed by atoms with van der Waals surface area (Å²) in [5.74, 6) is -2.44. The van der Waals surface area contributed by atoms with Gasteiger partial charge in [0.1, 0.15) is 5.82 Å². The molecule has 2 aromatic carbocycles. The molecule has 31 heavy (non-hydrogen) atoms. The molecule has 12 heteroatoms. The lowest BCUT2D eigenvalue weighted by Crippen LogP contribution is -2.41. The molecule has 6 nitrogen and oxygen atoms in total. The average molecular weight is 481 g/mol. The van der Waals surface area contributed by atoms with Gasteiger partial charge in [-0.25, -0.2) is 12.8 Å². The topological polar surface area (TPSA) is 75.7 Å². The van der Waals surface area contributed by atoms with Gasteiger partial charge in [0.25, 0.3) is 0 Å². The summed E-state index contributed by atoms with van der Waals surface area (Å²) < 4.78 is 81.4. The lowest BCUT2D eigenvalue weighted by atomic mass is 9.97. The molecule has 1 fully saturated rings. The number of ether oxygens (including phenoxy) is 1. The third-order valence-electron chi connectivity index (χ3n) is 4.72. The van der Waals surface area contributed by atoms with E-state index in [9.17, 15) is 30.8 Å². The van der Waals surface area contributed by atoms with Gasteiger partial charge in [-0.3, -0.25) is 4.79 Å². The van der Waals surface area contributed by atoms with E-state index in [-0.39, 0.29) is 41.5 Å². The standard InChI is InChI=1S/C19H17ClF4N2O4S/c20-14-11-13(5-6-15(14)21)31(28,29)26-9-7-12(8-10-26)18(27)25-16-3-1-2-4-17(16)30-19(22,23)24/h1-6,11-12H,7-10H2,(H,25,27). The number of nitrogens with zero attached hydrogens (tertiary/aromatic N) is 1. The van der Waals surface area contributed by atoms with Crippen LogP contribution in [0.2, 0.25) is 5.02 Å². The first-order chi connectivity index (χ1) is 14.5. The van der Waals surface area contributed by atoms with E-state index in [4.69, 9.17) is 11.6 Å². The highest BCUT2D eigenvalue weighted by Gasteiger charge is 2.34. The van der Waals surface area contributed by atoms with Gasteiger partial charge < -0.3 is 10.1 Å². The molecular weight excluding hydrogens is 464 g/mol. The molecule has 1 saturated heterocycles. The molecule has 1 amide bonds. The van der Waals surface area contributed by atoms with E-state index in [0.717, 1.165) is 28.6 Å². The number of anilines is 1. The van der Waals surface area contributed by atoms with Crippen molar-refractivity contribution >= 4 is 33.2 Å². The van der Waals surface area contributed by atoms with Crippen LogP contribution < -0.4 is 10.1 Å². The van der Waals surface area contributed by atoms with Gasteiger partial charge in [-0.05, 0) is 43.2 Å². The first-order valence-electron chi connectivity index (χ1n) is 9.08. The van der Waals surface area contributed by atoms with Crippen LogP contribution in [0.15, 0.2) is 47.4 Å². The minimum Gasteiger partial charge on any atom is -0.404 e. The fourth-order valence-corrected chi connectivity index (χ4v) is 4.90. The SMILES string of the molecule is O=C(Nc1ccccc1OC(F)(F)F)C1CCN(S(=O)(=O)c2ccc(F)c(Cl)c2)CC1. The number of halogens is 5. The number of carbonyl (C=O) groups excluding carboxylic acids is 1. The molecule has 0 aromatic heterocycles. The van der Waals surface area contributed by atoms with Crippen LogP contribution in [0.1, 0.15) is 12.8 Å². The molecule has 0 atom stereocenters. The van der Waals surface area contributed by atoms with Crippen LogP contribution in [-0.4, -0.2) is 38.1 Å². The van der Waals surface area contributed by atoms with Crippen LogP contribution in [0.25, 0.3) is 0 Å². The summed E-state index contributed by atoms with van der Waals surface area (Å²) >= 11 is 5.66. The quantitative estimate of drug-likeness (QED) is 0.643. The monoisotopic (exact) mass is 480 g/mol. The largest absolute Gasteiger partial charge is 0.573 e. The Balaban J connectivity index is 1.65. The molecule has 1 aliphatic heterocycles. The van der Waals surface area contributed by atoms with Crippen LogP contribution in [0.4, 0.5) is 23.2 Å². The van der Waals surface area contributed by atoms with E-state index in [1.807, 2.05) is 0 Å². The normalized spacial score (nSPS) is 16.2. The van der Waals surface area contributed by atoms with Crippen molar-refractivity contribution in [3.63, 3.8) is 0 Å². The number of amides is 1. The van der Waals surface area contributed by atoms with Crippen molar-refractivity contribution in [3.8, 4) is 5.75 Å². The zero-order chi connectivity index (χ0) is 22.8. The van der Waals surface area contributed by atoms with Crippen molar-refractivity contribution in [2.75, 3.05) is 18.4 Å². The zero-order valence-corrected chi connectivity index (χ0v) is 17.4. The molecule has 0 bridgehead atoms. The van der Waals surface area contributed by atoms with Gasteiger partial charge in [0.05, 0.1) is 15.6 Å². The van der Waals surface area contributed by atoms with Gasteiger partial charge in [0.15, 0.2) is 5.75 Å². The summed E-state index contributed by atoms with van der Waals surface area (Å²) in [5, 5.41) is 2.09.